The first kappa shape index (κ1) is 24.9. The molecule has 0 saturated carbocycles. The molecular weight excluding hydrogens is 328 g/mol. The third kappa shape index (κ3) is 16.3. The highest BCUT2D eigenvalue weighted by Gasteiger charge is 2.09. The molecule has 0 aromatic carbocycles. The molecule has 0 aliphatic heterocycles. The number of allylic oxidation sites excluding steroid dienone is 3. The Kier molecular flexibility index (Phi) is 17.8. The molecule has 0 rings (SSSR count). The smallest absolute Gasteiger partial charge is 0.308 e. The number of carbonyl (C=O) groups is 1. The van der Waals surface area contributed by atoms with E-state index >= 15 is 0 Å². The number of ether oxygens (including phenoxy) is 1. The zero-order valence-corrected chi connectivity index (χ0v) is 16.7. The quantitative estimate of drug-likeness (QED) is 0.149. The first-order valence-electron chi connectivity index (χ1n) is 10.4. The Morgan fingerprint density at radius 2 is 1.73 bits per heavy atom. The van der Waals surface area contributed by atoms with Crippen LogP contribution in [-0.2, 0) is 9.53 Å². The van der Waals surface area contributed by atoms with Crippen LogP contribution >= 0.6 is 0 Å². The van der Waals surface area contributed by atoms with Gasteiger partial charge in [-0.2, -0.15) is 0 Å². The van der Waals surface area contributed by atoms with E-state index in [4.69, 9.17) is 10.2 Å². The summed E-state index contributed by atoms with van der Waals surface area (Å²) in [7, 11) is 0. The molecule has 0 aliphatic carbocycles. The van der Waals surface area contributed by atoms with E-state index in [9.17, 15) is 4.79 Å². The van der Waals surface area contributed by atoms with Crippen LogP contribution in [0.4, 0.5) is 0 Å². The molecule has 2 N–H and O–H groups in total. The number of hydrogen-bond donors (Lipinski definition) is 2. The van der Waals surface area contributed by atoms with Crippen LogP contribution in [0.1, 0.15) is 90.4 Å². The van der Waals surface area contributed by atoms with Gasteiger partial charge in [0.25, 0.3) is 0 Å². The van der Waals surface area contributed by atoms with Gasteiger partial charge in [-0.25, -0.2) is 0 Å². The van der Waals surface area contributed by atoms with Crippen LogP contribution in [0, 0.1) is 5.92 Å². The Hall–Kier alpha value is -1.13. The van der Waals surface area contributed by atoms with E-state index in [-0.39, 0.29) is 0 Å². The lowest BCUT2D eigenvalue weighted by atomic mass is 9.97. The lowest BCUT2D eigenvalue weighted by Gasteiger charge is -2.10. The Morgan fingerprint density at radius 1 is 1.04 bits per heavy atom. The van der Waals surface area contributed by atoms with Gasteiger partial charge < -0.3 is 14.9 Å². The zero-order valence-electron chi connectivity index (χ0n) is 16.7. The number of aliphatic hydroxyl groups is 2. The number of esters is 1. The molecule has 0 radical (unpaired) electrons. The Morgan fingerprint density at radius 3 is 2.42 bits per heavy atom. The first-order chi connectivity index (χ1) is 12.6. The van der Waals surface area contributed by atoms with Crippen molar-refractivity contribution in [2.75, 3.05) is 6.61 Å². The summed E-state index contributed by atoms with van der Waals surface area (Å²) in [5.41, 5.74) is 0. The topological polar surface area (TPSA) is 66.8 Å². The summed E-state index contributed by atoms with van der Waals surface area (Å²) in [6.07, 6.45) is 19.6. The maximum atomic E-state index is 11.3. The second-order valence-electron chi connectivity index (χ2n) is 6.99. The van der Waals surface area contributed by atoms with Gasteiger partial charge in [-0.3, -0.25) is 4.79 Å². The summed E-state index contributed by atoms with van der Waals surface area (Å²) in [5, 5.41) is 17.6. The molecule has 4 nitrogen and oxygen atoms in total. The maximum absolute atomic E-state index is 11.3. The van der Waals surface area contributed by atoms with Crippen LogP contribution in [0.25, 0.3) is 0 Å². The van der Waals surface area contributed by atoms with Gasteiger partial charge in [-0.15, -0.1) is 6.58 Å². The van der Waals surface area contributed by atoms with Crippen molar-refractivity contribution >= 4 is 5.97 Å². The molecule has 26 heavy (non-hydrogen) atoms. The molecule has 4 heteroatoms. The molecule has 2 atom stereocenters. The van der Waals surface area contributed by atoms with Gasteiger partial charge in [0.2, 0.25) is 6.29 Å². The predicted octanol–water partition coefficient (Wildman–Crippen LogP) is 5.29. The lowest BCUT2D eigenvalue weighted by molar-refractivity contribution is -0.173. The Balaban J connectivity index is 3.55. The first-order valence-corrected chi connectivity index (χ1v) is 10.4. The molecule has 0 aromatic heterocycles. The van der Waals surface area contributed by atoms with Crippen molar-refractivity contribution in [3.63, 3.8) is 0 Å². The van der Waals surface area contributed by atoms with Gasteiger partial charge in [0.15, 0.2) is 0 Å². The highest BCUT2D eigenvalue weighted by atomic mass is 16.6. The average Bonchev–Trinajstić information content (AvgIpc) is 2.64. The molecule has 152 valence electrons. The van der Waals surface area contributed by atoms with Gasteiger partial charge in [0.1, 0.15) is 6.61 Å². The summed E-state index contributed by atoms with van der Waals surface area (Å²) in [6.45, 7) is 5.64. The van der Waals surface area contributed by atoms with Crippen molar-refractivity contribution in [1.82, 2.24) is 0 Å². The van der Waals surface area contributed by atoms with E-state index in [1.54, 1.807) is 0 Å². The zero-order chi connectivity index (χ0) is 19.5. The summed E-state index contributed by atoms with van der Waals surface area (Å²) in [6, 6.07) is 0. The molecule has 0 heterocycles. The van der Waals surface area contributed by atoms with E-state index in [0.29, 0.717) is 12.3 Å². The third-order valence-corrected chi connectivity index (χ3v) is 4.54. The molecule has 0 spiro atoms. The van der Waals surface area contributed by atoms with Crippen molar-refractivity contribution in [3.05, 3.63) is 24.8 Å². The minimum absolute atomic E-state index is 0.301. The predicted molar refractivity (Wildman–Crippen MR) is 108 cm³/mol. The largest absolute Gasteiger partial charge is 0.433 e. The Bertz CT molecular complexity index is 365. The minimum atomic E-state index is -1.39. The van der Waals surface area contributed by atoms with Gasteiger partial charge in [0, 0.05) is 6.42 Å². The molecule has 0 fully saturated rings. The molecule has 0 amide bonds. The van der Waals surface area contributed by atoms with Gasteiger partial charge >= 0.3 is 5.97 Å². The Labute approximate surface area is 160 Å². The van der Waals surface area contributed by atoms with E-state index < -0.39 is 18.9 Å². The number of aliphatic hydroxyl groups excluding tert-OH is 2. The van der Waals surface area contributed by atoms with E-state index in [1.807, 2.05) is 0 Å². The summed E-state index contributed by atoms with van der Waals surface area (Å²) < 4.78 is 4.60. The van der Waals surface area contributed by atoms with Gasteiger partial charge in [-0.05, 0) is 38.0 Å². The highest BCUT2D eigenvalue weighted by Crippen LogP contribution is 2.17. The standard InChI is InChI=1S/C22H40O4/c1-3-5-6-7-8-10-13-16-20(4-2)17-14-11-9-12-15-18-21(24)26-22(25)19-23/h4,10,13,20,22-23,25H,2-3,5-9,11-12,14-19H2,1H3/b13-10+. The molecule has 0 aromatic rings. The summed E-state index contributed by atoms with van der Waals surface area (Å²) in [5.74, 6) is 0.122. The highest BCUT2D eigenvalue weighted by molar-refractivity contribution is 5.69. The number of unbranched alkanes of at least 4 members (excludes halogenated alkanes) is 8. The van der Waals surface area contributed by atoms with Crippen LogP contribution in [0.2, 0.25) is 0 Å². The maximum Gasteiger partial charge on any atom is 0.308 e. The van der Waals surface area contributed by atoms with E-state index in [1.165, 1.54) is 51.4 Å². The monoisotopic (exact) mass is 368 g/mol. The number of rotatable bonds is 18. The molecule has 0 bridgehead atoms. The summed E-state index contributed by atoms with van der Waals surface area (Å²) >= 11 is 0. The molecule has 0 aliphatic rings. The average molecular weight is 369 g/mol. The van der Waals surface area contributed by atoms with Crippen LogP contribution in [-0.4, -0.2) is 29.1 Å². The third-order valence-electron chi connectivity index (χ3n) is 4.54. The SMILES string of the molecule is C=CC(C/C=C/CCCCCC)CCCCCCCC(=O)OC(O)CO. The van der Waals surface area contributed by atoms with Crippen LogP contribution < -0.4 is 0 Å². The fraction of sp³-hybridized carbons (Fsp3) is 0.773. The number of hydrogen-bond acceptors (Lipinski definition) is 4. The van der Waals surface area contributed by atoms with E-state index in [2.05, 4.69) is 36.5 Å². The second-order valence-corrected chi connectivity index (χ2v) is 6.99. The van der Waals surface area contributed by atoms with Crippen molar-refractivity contribution < 1.29 is 19.7 Å². The van der Waals surface area contributed by atoms with Gasteiger partial charge in [-0.1, -0.05) is 70.1 Å². The van der Waals surface area contributed by atoms with Crippen molar-refractivity contribution in [2.24, 2.45) is 5.92 Å². The van der Waals surface area contributed by atoms with E-state index in [0.717, 1.165) is 25.7 Å². The van der Waals surface area contributed by atoms with Crippen LogP contribution in [0.5, 0.6) is 0 Å². The van der Waals surface area contributed by atoms with Crippen molar-refractivity contribution in [1.29, 1.82) is 0 Å². The van der Waals surface area contributed by atoms with Crippen LogP contribution in [0.15, 0.2) is 24.8 Å². The van der Waals surface area contributed by atoms with Gasteiger partial charge in [0.05, 0.1) is 0 Å². The molecule has 0 saturated heterocycles. The molecule has 2 unspecified atom stereocenters. The fourth-order valence-electron chi connectivity index (χ4n) is 2.86. The minimum Gasteiger partial charge on any atom is -0.433 e. The lowest BCUT2D eigenvalue weighted by Crippen LogP contribution is -2.20. The van der Waals surface area contributed by atoms with Crippen molar-refractivity contribution in [2.45, 2.75) is 96.7 Å². The fourth-order valence-corrected chi connectivity index (χ4v) is 2.86. The summed E-state index contributed by atoms with van der Waals surface area (Å²) in [4.78, 5) is 11.3. The number of carbonyl (C=O) groups excluding carboxylic acids is 1. The molecular formula is C22H40O4. The van der Waals surface area contributed by atoms with Crippen molar-refractivity contribution in [3.8, 4) is 0 Å². The second kappa shape index (κ2) is 18.7. The van der Waals surface area contributed by atoms with Crippen LogP contribution in [0.3, 0.4) is 0 Å². The normalized spacial score (nSPS) is 13.7.